The van der Waals surface area contributed by atoms with Gasteiger partial charge >= 0.3 is 6.18 Å². The second-order valence-corrected chi connectivity index (χ2v) is 5.64. The predicted octanol–water partition coefficient (Wildman–Crippen LogP) is 1.95. The summed E-state index contributed by atoms with van der Waals surface area (Å²) < 4.78 is 39.2. The lowest BCUT2D eigenvalue weighted by Crippen LogP contribution is -2.47. The molecule has 0 radical (unpaired) electrons. The number of aliphatic hydroxyl groups is 1. The lowest BCUT2D eigenvalue weighted by molar-refractivity contribution is -0.138. The van der Waals surface area contributed by atoms with Crippen LogP contribution in [-0.2, 0) is 22.2 Å². The van der Waals surface area contributed by atoms with Crippen molar-refractivity contribution in [3.63, 3.8) is 0 Å². The van der Waals surface area contributed by atoms with Gasteiger partial charge in [0.15, 0.2) is 6.10 Å². The molecule has 0 fully saturated rings. The first kappa shape index (κ1) is 19.5. The molecule has 138 valence electrons. The first-order valence-corrected chi connectivity index (χ1v) is 7.68. The molecule has 0 unspecified atom stereocenters. The van der Waals surface area contributed by atoms with Crippen LogP contribution in [0.4, 0.5) is 13.2 Å². The number of hydrogen-bond donors (Lipinski definition) is 3. The largest absolute Gasteiger partial charge is 0.416 e. The Hall–Kier alpha value is -2.87. The Balaban J connectivity index is 2.18. The van der Waals surface area contributed by atoms with E-state index in [-0.39, 0.29) is 11.1 Å². The molecule has 2 atom stereocenters. The third-order valence-corrected chi connectivity index (χ3v) is 3.77. The van der Waals surface area contributed by atoms with Gasteiger partial charge in [-0.2, -0.15) is 13.2 Å². The number of carbonyl (C=O) groups excluding carboxylic acids is 2. The SMILES string of the molecule is NC(=O)[C@H](Cc1ccccc1C(F)(F)F)NC(=O)[C@@H](O)c1ccccc1. The van der Waals surface area contributed by atoms with Crippen molar-refractivity contribution in [2.24, 2.45) is 5.73 Å². The second-order valence-electron chi connectivity index (χ2n) is 5.64. The maximum atomic E-state index is 13.1. The summed E-state index contributed by atoms with van der Waals surface area (Å²) in [5.74, 6) is -1.93. The average Bonchev–Trinajstić information content (AvgIpc) is 2.60. The molecule has 0 bridgehead atoms. The van der Waals surface area contributed by atoms with E-state index in [0.29, 0.717) is 0 Å². The van der Waals surface area contributed by atoms with E-state index in [1.807, 2.05) is 0 Å². The molecule has 0 aliphatic carbocycles. The molecule has 0 aromatic heterocycles. The Kier molecular flexibility index (Phi) is 5.99. The van der Waals surface area contributed by atoms with Gasteiger partial charge in [-0.3, -0.25) is 9.59 Å². The third-order valence-electron chi connectivity index (χ3n) is 3.77. The molecule has 0 saturated carbocycles. The molecular formula is C18H17F3N2O3. The zero-order valence-electron chi connectivity index (χ0n) is 13.5. The van der Waals surface area contributed by atoms with E-state index in [4.69, 9.17) is 5.73 Å². The molecule has 0 heterocycles. The quantitative estimate of drug-likeness (QED) is 0.730. The van der Waals surface area contributed by atoms with Crippen LogP contribution in [0.2, 0.25) is 0 Å². The Morgan fingerprint density at radius 3 is 2.19 bits per heavy atom. The van der Waals surface area contributed by atoms with Gasteiger partial charge in [0.2, 0.25) is 5.91 Å². The van der Waals surface area contributed by atoms with Gasteiger partial charge in [0.25, 0.3) is 5.91 Å². The fourth-order valence-electron chi connectivity index (χ4n) is 2.45. The van der Waals surface area contributed by atoms with Gasteiger partial charge in [-0.25, -0.2) is 0 Å². The maximum absolute atomic E-state index is 13.1. The van der Waals surface area contributed by atoms with Crippen molar-refractivity contribution in [3.05, 3.63) is 71.3 Å². The molecule has 4 N–H and O–H groups in total. The maximum Gasteiger partial charge on any atom is 0.416 e. The monoisotopic (exact) mass is 366 g/mol. The number of aliphatic hydroxyl groups excluding tert-OH is 1. The highest BCUT2D eigenvalue weighted by atomic mass is 19.4. The van der Waals surface area contributed by atoms with E-state index < -0.39 is 42.1 Å². The number of hydrogen-bond acceptors (Lipinski definition) is 3. The summed E-state index contributed by atoms with van der Waals surface area (Å²) in [6.45, 7) is 0. The molecule has 2 aromatic rings. The van der Waals surface area contributed by atoms with Crippen molar-refractivity contribution in [1.29, 1.82) is 0 Å². The molecule has 8 heteroatoms. The number of primary amides is 1. The van der Waals surface area contributed by atoms with Crippen molar-refractivity contribution in [2.75, 3.05) is 0 Å². The van der Waals surface area contributed by atoms with E-state index in [0.717, 1.165) is 6.07 Å². The third kappa shape index (κ3) is 4.82. The summed E-state index contributed by atoms with van der Waals surface area (Å²) in [4.78, 5) is 23.7. The summed E-state index contributed by atoms with van der Waals surface area (Å²) in [7, 11) is 0. The Morgan fingerprint density at radius 2 is 1.62 bits per heavy atom. The molecule has 2 aromatic carbocycles. The lowest BCUT2D eigenvalue weighted by atomic mass is 9.99. The zero-order chi connectivity index (χ0) is 19.3. The van der Waals surface area contributed by atoms with Crippen LogP contribution in [0.15, 0.2) is 54.6 Å². The highest BCUT2D eigenvalue weighted by molar-refractivity contribution is 5.89. The van der Waals surface area contributed by atoms with Gasteiger partial charge in [-0.15, -0.1) is 0 Å². The van der Waals surface area contributed by atoms with E-state index >= 15 is 0 Å². The number of halogens is 3. The minimum absolute atomic E-state index is 0.182. The van der Waals surface area contributed by atoms with Crippen molar-refractivity contribution in [1.82, 2.24) is 5.32 Å². The normalized spacial score (nSPS) is 13.7. The number of nitrogens with two attached hydrogens (primary N) is 1. The van der Waals surface area contributed by atoms with Crippen LogP contribution in [0.5, 0.6) is 0 Å². The smallest absolute Gasteiger partial charge is 0.378 e. The minimum Gasteiger partial charge on any atom is -0.378 e. The summed E-state index contributed by atoms with van der Waals surface area (Å²) in [5.41, 5.74) is 4.40. The topological polar surface area (TPSA) is 92.4 Å². The molecular weight excluding hydrogens is 349 g/mol. The molecule has 5 nitrogen and oxygen atoms in total. The lowest BCUT2D eigenvalue weighted by Gasteiger charge is -2.20. The summed E-state index contributed by atoms with van der Waals surface area (Å²) in [6.07, 6.45) is -6.62. The number of benzene rings is 2. The van der Waals surface area contributed by atoms with Gasteiger partial charge < -0.3 is 16.2 Å². The first-order chi connectivity index (χ1) is 12.2. The second kappa shape index (κ2) is 8.01. The van der Waals surface area contributed by atoms with Crippen LogP contribution in [0, 0.1) is 0 Å². The highest BCUT2D eigenvalue weighted by Crippen LogP contribution is 2.32. The van der Waals surface area contributed by atoms with Crippen LogP contribution >= 0.6 is 0 Å². The van der Waals surface area contributed by atoms with Crippen molar-refractivity contribution in [3.8, 4) is 0 Å². The van der Waals surface area contributed by atoms with Crippen LogP contribution in [-0.4, -0.2) is 23.0 Å². The Morgan fingerprint density at radius 1 is 1.04 bits per heavy atom. The van der Waals surface area contributed by atoms with E-state index in [9.17, 15) is 27.9 Å². The van der Waals surface area contributed by atoms with Crippen LogP contribution < -0.4 is 11.1 Å². The summed E-state index contributed by atoms with van der Waals surface area (Å²) in [6, 6.07) is 11.2. The first-order valence-electron chi connectivity index (χ1n) is 7.68. The van der Waals surface area contributed by atoms with Gasteiger partial charge in [0, 0.05) is 6.42 Å². The standard InChI is InChI=1S/C18H17F3N2O3/c19-18(20,21)13-9-5-4-8-12(13)10-14(16(22)25)23-17(26)15(24)11-6-2-1-3-7-11/h1-9,14-15,24H,10H2,(H2,22,25)(H,23,26)/t14-,15-/m0/s1. The minimum atomic E-state index is -4.60. The number of amides is 2. The van der Waals surface area contributed by atoms with Gasteiger partial charge in [-0.05, 0) is 17.2 Å². The van der Waals surface area contributed by atoms with E-state index in [1.165, 1.54) is 30.3 Å². The van der Waals surface area contributed by atoms with Crippen molar-refractivity contribution < 1.29 is 27.9 Å². The van der Waals surface area contributed by atoms with Crippen LogP contribution in [0.25, 0.3) is 0 Å². The Labute approximate surface area is 147 Å². The molecule has 0 aliphatic heterocycles. The summed E-state index contributed by atoms with van der Waals surface area (Å²) >= 11 is 0. The van der Waals surface area contributed by atoms with Crippen LogP contribution in [0.3, 0.4) is 0 Å². The van der Waals surface area contributed by atoms with Crippen LogP contribution in [0.1, 0.15) is 22.8 Å². The molecule has 0 spiro atoms. The van der Waals surface area contributed by atoms with Crippen molar-refractivity contribution in [2.45, 2.75) is 24.7 Å². The average molecular weight is 366 g/mol. The van der Waals surface area contributed by atoms with E-state index in [1.54, 1.807) is 18.2 Å². The Bertz CT molecular complexity index is 779. The van der Waals surface area contributed by atoms with Gasteiger partial charge in [0.1, 0.15) is 6.04 Å². The van der Waals surface area contributed by atoms with Gasteiger partial charge in [-0.1, -0.05) is 48.5 Å². The van der Waals surface area contributed by atoms with E-state index in [2.05, 4.69) is 5.32 Å². The van der Waals surface area contributed by atoms with Gasteiger partial charge in [0.05, 0.1) is 5.56 Å². The molecule has 2 rings (SSSR count). The summed E-state index contributed by atoms with van der Waals surface area (Å²) in [5, 5.41) is 12.2. The highest BCUT2D eigenvalue weighted by Gasteiger charge is 2.34. The predicted molar refractivity (Wildman–Crippen MR) is 87.7 cm³/mol. The van der Waals surface area contributed by atoms with Crippen molar-refractivity contribution >= 4 is 11.8 Å². The number of carbonyl (C=O) groups is 2. The number of nitrogens with one attached hydrogen (secondary N) is 1. The fraction of sp³-hybridized carbons (Fsp3) is 0.222. The molecule has 26 heavy (non-hydrogen) atoms. The number of alkyl halides is 3. The molecule has 2 amide bonds. The zero-order valence-corrected chi connectivity index (χ0v) is 13.5. The molecule has 0 aliphatic rings. The molecule has 0 saturated heterocycles. The fourth-order valence-corrected chi connectivity index (χ4v) is 2.45. The number of rotatable bonds is 6.